The smallest absolute Gasteiger partial charge is 0.326 e. The predicted molar refractivity (Wildman–Crippen MR) is 206 cm³/mol. The van der Waals surface area contributed by atoms with E-state index in [1.54, 1.807) is 55.2 Å². The van der Waals surface area contributed by atoms with Gasteiger partial charge in [0.2, 0.25) is 17.7 Å². The number of nitrogens with one attached hydrogen (secondary N) is 4. The van der Waals surface area contributed by atoms with Crippen LogP contribution in [0.25, 0.3) is 0 Å². The van der Waals surface area contributed by atoms with Crippen LogP contribution in [-0.2, 0) is 43.2 Å². The zero-order valence-corrected chi connectivity index (χ0v) is 31.6. The van der Waals surface area contributed by atoms with Crippen LogP contribution in [0.1, 0.15) is 66.7 Å². The highest BCUT2D eigenvalue weighted by atomic mass is 16.4. The minimum absolute atomic E-state index is 0.0453. The van der Waals surface area contributed by atoms with E-state index in [4.69, 9.17) is 0 Å². The second kappa shape index (κ2) is 18.9. The molecule has 2 heterocycles. The van der Waals surface area contributed by atoms with Crippen LogP contribution in [0.2, 0.25) is 0 Å². The highest BCUT2D eigenvalue weighted by Gasteiger charge is 2.44. The molecule has 3 aromatic carbocycles. The van der Waals surface area contributed by atoms with E-state index in [-0.39, 0.29) is 25.8 Å². The Hall–Kier alpha value is -5.89. The number of amides is 4. The standard InChI is InChI=1S/C41H50N8O6/c1-5-31-24-49(47-46-31)32-23-35(48(25-32)40(53)36(30-14-10-7-11-15-30)45-37(50)27(3)42-4)39(52)43-33(21-20-28-12-8-6-9-13-28)38(51)44-34(41(54)55)22-29-18-16-26(2)17-19-29/h6-19,24,27,32-36,42H,5,20-23,25H2,1-4H3,(H,43,52)(H,44,51)(H,45,50)(H,54,55). The van der Waals surface area contributed by atoms with Gasteiger partial charge in [0.25, 0.3) is 5.91 Å². The first kappa shape index (κ1) is 40.3. The van der Waals surface area contributed by atoms with Crippen LogP contribution in [0.4, 0.5) is 0 Å². The molecule has 4 aromatic rings. The Morgan fingerprint density at radius 2 is 1.53 bits per heavy atom. The molecule has 1 saturated heterocycles. The third-order valence-corrected chi connectivity index (χ3v) is 10.0. The first-order chi connectivity index (χ1) is 26.5. The number of carboxylic acid groups (broad SMARTS) is 1. The van der Waals surface area contributed by atoms with Gasteiger partial charge in [-0.25, -0.2) is 9.48 Å². The van der Waals surface area contributed by atoms with Gasteiger partial charge in [-0.15, -0.1) is 5.10 Å². The normalized spacial score (nSPS) is 17.4. The number of benzene rings is 3. The number of hydrogen-bond acceptors (Lipinski definition) is 8. The third-order valence-electron chi connectivity index (χ3n) is 10.0. The molecule has 4 amide bonds. The Morgan fingerprint density at radius 1 is 0.855 bits per heavy atom. The number of aryl methyl sites for hydroxylation is 3. The summed E-state index contributed by atoms with van der Waals surface area (Å²) < 4.78 is 1.65. The highest BCUT2D eigenvalue weighted by molar-refractivity contribution is 5.96. The van der Waals surface area contributed by atoms with Crippen LogP contribution in [-0.4, -0.2) is 92.4 Å². The number of likely N-dealkylation sites (N-methyl/N-ethyl adjacent to an activating group) is 1. The molecule has 1 fully saturated rings. The zero-order valence-electron chi connectivity index (χ0n) is 31.6. The SMILES string of the molecule is CCc1cn(C2CC(C(=O)NC(CCc3ccccc3)C(=O)NC(Cc3ccc(C)cc3)C(=O)O)N(C(=O)C(NC(=O)C(C)NC)c3ccccc3)C2)nn1. The van der Waals surface area contributed by atoms with Gasteiger partial charge in [-0.05, 0) is 56.8 Å². The van der Waals surface area contributed by atoms with Crippen LogP contribution in [0.5, 0.6) is 0 Å². The highest BCUT2D eigenvalue weighted by Crippen LogP contribution is 2.31. The molecule has 5 N–H and O–H groups in total. The van der Waals surface area contributed by atoms with Gasteiger partial charge in [-0.2, -0.15) is 0 Å². The van der Waals surface area contributed by atoms with E-state index in [2.05, 4.69) is 31.6 Å². The second-order valence-electron chi connectivity index (χ2n) is 14.0. The average Bonchev–Trinajstić information content (AvgIpc) is 3.87. The number of carbonyl (C=O) groups is 5. The zero-order chi connectivity index (χ0) is 39.5. The van der Waals surface area contributed by atoms with Gasteiger partial charge in [-0.3, -0.25) is 19.2 Å². The molecule has 6 unspecified atom stereocenters. The third kappa shape index (κ3) is 10.6. The molecular formula is C41H50N8O6. The van der Waals surface area contributed by atoms with Crippen LogP contribution in [0, 0.1) is 6.92 Å². The molecule has 290 valence electrons. The summed E-state index contributed by atoms with van der Waals surface area (Å²) in [5.41, 5.74) is 3.96. The van der Waals surface area contributed by atoms with Crippen molar-refractivity contribution in [1.29, 1.82) is 0 Å². The number of hydrogen-bond donors (Lipinski definition) is 5. The van der Waals surface area contributed by atoms with Gasteiger partial charge in [0, 0.05) is 25.6 Å². The summed E-state index contributed by atoms with van der Waals surface area (Å²) in [7, 11) is 1.64. The second-order valence-corrected chi connectivity index (χ2v) is 14.0. The molecule has 6 atom stereocenters. The van der Waals surface area contributed by atoms with Crippen molar-refractivity contribution < 1.29 is 29.1 Å². The van der Waals surface area contributed by atoms with Gasteiger partial charge in [-0.1, -0.05) is 103 Å². The maximum atomic E-state index is 14.6. The summed E-state index contributed by atoms with van der Waals surface area (Å²) >= 11 is 0. The Labute approximate surface area is 321 Å². The fraction of sp³-hybridized carbons (Fsp3) is 0.390. The van der Waals surface area contributed by atoms with Crippen molar-refractivity contribution in [3.8, 4) is 0 Å². The summed E-state index contributed by atoms with van der Waals surface area (Å²) in [5, 5.41) is 29.9. The Bertz CT molecular complexity index is 1920. The number of aliphatic carboxylic acids is 1. The van der Waals surface area contributed by atoms with Crippen molar-refractivity contribution in [3.63, 3.8) is 0 Å². The first-order valence-corrected chi connectivity index (χ1v) is 18.6. The molecule has 1 aliphatic heterocycles. The lowest BCUT2D eigenvalue weighted by atomic mass is 10.0. The molecule has 14 heteroatoms. The average molecular weight is 751 g/mol. The van der Waals surface area contributed by atoms with Gasteiger partial charge in [0.1, 0.15) is 24.2 Å². The van der Waals surface area contributed by atoms with Gasteiger partial charge in [0.05, 0.1) is 17.8 Å². The Morgan fingerprint density at radius 3 is 2.15 bits per heavy atom. The van der Waals surface area contributed by atoms with Crippen molar-refractivity contribution in [3.05, 3.63) is 119 Å². The maximum Gasteiger partial charge on any atom is 0.326 e. The topological polar surface area (TPSA) is 188 Å². The maximum absolute atomic E-state index is 14.6. The van der Waals surface area contributed by atoms with E-state index < -0.39 is 65.8 Å². The van der Waals surface area contributed by atoms with E-state index >= 15 is 0 Å². The van der Waals surface area contributed by atoms with E-state index in [1.807, 2.05) is 68.4 Å². The van der Waals surface area contributed by atoms with Crippen molar-refractivity contribution in [2.45, 2.75) is 89.1 Å². The molecule has 14 nitrogen and oxygen atoms in total. The summed E-state index contributed by atoms with van der Waals surface area (Å²) in [5.74, 6) is -3.36. The fourth-order valence-electron chi connectivity index (χ4n) is 6.57. The van der Waals surface area contributed by atoms with E-state index in [9.17, 15) is 29.1 Å². The van der Waals surface area contributed by atoms with E-state index in [0.717, 1.165) is 22.4 Å². The van der Waals surface area contributed by atoms with Crippen LogP contribution in [0.3, 0.4) is 0 Å². The van der Waals surface area contributed by atoms with E-state index in [1.165, 1.54) is 4.90 Å². The van der Waals surface area contributed by atoms with Crippen molar-refractivity contribution in [1.82, 2.24) is 41.2 Å². The Balaban J connectivity index is 1.44. The largest absolute Gasteiger partial charge is 0.480 e. The lowest BCUT2D eigenvalue weighted by Crippen LogP contribution is -2.56. The molecule has 0 spiro atoms. The molecule has 0 aliphatic carbocycles. The molecule has 0 bridgehead atoms. The minimum Gasteiger partial charge on any atom is -0.480 e. The molecule has 0 radical (unpaired) electrons. The summed E-state index contributed by atoms with van der Waals surface area (Å²) in [6, 6.07) is 20.0. The number of aromatic nitrogens is 3. The number of carbonyl (C=O) groups excluding carboxylic acids is 4. The van der Waals surface area contributed by atoms with Crippen molar-refractivity contribution in [2.24, 2.45) is 0 Å². The summed E-state index contributed by atoms with van der Waals surface area (Å²) in [4.78, 5) is 70.0. The minimum atomic E-state index is -1.25. The van der Waals surface area contributed by atoms with Gasteiger partial charge < -0.3 is 31.3 Å². The quantitative estimate of drug-likeness (QED) is 0.108. The van der Waals surface area contributed by atoms with Crippen LogP contribution in [0.15, 0.2) is 91.1 Å². The molecule has 0 saturated carbocycles. The number of rotatable bonds is 17. The van der Waals surface area contributed by atoms with E-state index in [0.29, 0.717) is 18.4 Å². The summed E-state index contributed by atoms with van der Waals surface area (Å²) in [6.07, 6.45) is 3.21. The van der Waals surface area contributed by atoms with Gasteiger partial charge >= 0.3 is 5.97 Å². The van der Waals surface area contributed by atoms with Crippen molar-refractivity contribution >= 4 is 29.6 Å². The number of nitrogens with zero attached hydrogens (tertiary/aromatic N) is 4. The van der Waals surface area contributed by atoms with Crippen LogP contribution < -0.4 is 21.3 Å². The molecule has 5 rings (SSSR count). The van der Waals surface area contributed by atoms with Crippen LogP contribution >= 0.6 is 0 Å². The molecule has 55 heavy (non-hydrogen) atoms. The lowest BCUT2D eigenvalue weighted by Gasteiger charge is -2.30. The first-order valence-electron chi connectivity index (χ1n) is 18.6. The molecule has 1 aliphatic rings. The molecular weight excluding hydrogens is 701 g/mol. The molecule has 1 aromatic heterocycles. The number of carboxylic acids is 1. The Kier molecular flexibility index (Phi) is 13.9. The predicted octanol–water partition coefficient (Wildman–Crippen LogP) is 2.69. The fourth-order valence-corrected chi connectivity index (χ4v) is 6.57. The monoisotopic (exact) mass is 750 g/mol. The van der Waals surface area contributed by atoms with Gasteiger partial charge in [0.15, 0.2) is 0 Å². The number of likely N-dealkylation sites (tertiary alicyclic amines) is 1. The summed E-state index contributed by atoms with van der Waals surface area (Å²) in [6.45, 7) is 5.64. The van der Waals surface area contributed by atoms with Crippen molar-refractivity contribution in [2.75, 3.05) is 13.6 Å². The lowest BCUT2D eigenvalue weighted by molar-refractivity contribution is -0.143.